The molecule has 12 rings (SSSR count). The van der Waals surface area contributed by atoms with E-state index in [9.17, 15) is 0 Å². The molecular formula is C43H26N6. The van der Waals surface area contributed by atoms with Gasteiger partial charge in [-0.1, -0.05) is 24.3 Å². The summed E-state index contributed by atoms with van der Waals surface area (Å²) >= 11 is 0. The Labute approximate surface area is 281 Å². The van der Waals surface area contributed by atoms with E-state index in [0.717, 1.165) is 22.3 Å². The molecule has 2 aliphatic carbocycles. The molecule has 2 aliphatic heterocycles. The van der Waals surface area contributed by atoms with Crippen molar-refractivity contribution < 1.29 is 0 Å². The smallest absolute Gasteiger partial charge is 0.100 e. The average Bonchev–Trinajstić information content (AvgIpc) is 3.96. The second-order valence-electron chi connectivity index (χ2n) is 12.7. The maximum Gasteiger partial charge on any atom is 0.100 e. The van der Waals surface area contributed by atoms with Gasteiger partial charge in [0.1, 0.15) is 6.67 Å². The summed E-state index contributed by atoms with van der Waals surface area (Å²) < 4.78 is 5.03. The van der Waals surface area contributed by atoms with Crippen LogP contribution in [-0.2, 0) is 6.67 Å². The van der Waals surface area contributed by atoms with E-state index in [4.69, 9.17) is 0 Å². The second-order valence-corrected chi connectivity index (χ2v) is 12.7. The van der Waals surface area contributed by atoms with Crippen LogP contribution in [0.5, 0.6) is 0 Å². The van der Waals surface area contributed by atoms with Crippen molar-refractivity contribution in [3.05, 3.63) is 145 Å². The molecule has 0 N–H and O–H groups in total. The Hall–Kier alpha value is -6.66. The molecule has 6 nitrogen and oxygen atoms in total. The average molecular weight is 627 g/mol. The highest BCUT2D eigenvalue weighted by atomic mass is 15.2. The Bertz CT molecular complexity index is 2430. The lowest BCUT2D eigenvalue weighted by atomic mass is 9.91. The topological polar surface area (TPSA) is 61.4 Å². The number of pyridine rings is 4. The van der Waals surface area contributed by atoms with Gasteiger partial charge in [-0.15, -0.1) is 0 Å². The third-order valence-electron chi connectivity index (χ3n) is 10.4. The minimum atomic E-state index is 0.605. The van der Waals surface area contributed by atoms with Gasteiger partial charge in [-0.25, -0.2) is 0 Å². The molecule has 6 heteroatoms. The lowest BCUT2D eigenvalue weighted by Gasteiger charge is -2.18. The molecule has 10 heterocycles. The van der Waals surface area contributed by atoms with E-state index in [1.807, 2.05) is 49.6 Å². The number of hydrogen-bond acceptors (Lipinski definition) is 4. The molecule has 8 aromatic heterocycles. The third kappa shape index (κ3) is 3.60. The minimum Gasteiger partial charge on any atom is -0.322 e. The van der Waals surface area contributed by atoms with Crippen LogP contribution in [0.1, 0.15) is 22.3 Å². The monoisotopic (exact) mass is 626 g/mol. The highest BCUT2D eigenvalue weighted by Gasteiger charge is 2.29. The van der Waals surface area contributed by atoms with E-state index in [1.54, 1.807) is 0 Å². The largest absolute Gasteiger partial charge is 0.322 e. The van der Waals surface area contributed by atoms with Crippen LogP contribution in [-0.4, -0.2) is 29.1 Å². The highest BCUT2D eigenvalue weighted by molar-refractivity contribution is 6.23. The Morgan fingerprint density at radius 2 is 0.571 bits per heavy atom. The summed E-state index contributed by atoms with van der Waals surface area (Å²) in [7, 11) is 0. The van der Waals surface area contributed by atoms with E-state index in [2.05, 4.69) is 126 Å². The quantitative estimate of drug-likeness (QED) is 0.195. The molecule has 0 atom stereocenters. The zero-order chi connectivity index (χ0) is 32.1. The molecule has 0 saturated carbocycles. The zero-order valence-corrected chi connectivity index (χ0v) is 26.2. The maximum atomic E-state index is 4.42. The molecule has 0 spiro atoms. The molecule has 49 heavy (non-hydrogen) atoms. The first-order valence-electron chi connectivity index (χ1n) is 16.5. The lowest BCUT2D eigenvalue weighted by Crippen LogP contribution is -2.10. The Morgan fingerprint density at radius 3 is 0.816 bits per heavy atom. The van der Waals surface area contributed by atoms with Crippen LogP contribution in [0.15, 0.2) is 122 Å². The van der Waals surface area contributed by atoms with E-state index in [0.29, 0.717) is 6.67 Å². The molecule has 0 fully saturated rings. The lowest BCUT2D eigenvalue weighted by molar-refractivity contribution is 0.681. The van der Waals surface area contributed by atoms with Gasteiger partial charge in [0.2, 0.25) is 0 Å². The van der Waals surface area contributed by atoms with Crippen LogP contribution in [0.4, 0.5) is 0 Å². The minimum absolute atomic E-state index is 0.605. The van der Waals surface area contributed by atoms with Crippen LogP contribution in [0.25, 0.3) is 102 Å². The van der Waals surface area contributed by atoms with Gasteiger partial charge in [0.15, 0.2) is 0 Å². The van der Waals surface area contributed by atoms with Crippen LogP contribution < -0.4 is 0 Å². The first-order chi connectivity index (χ1) is 24.3. The van der Waals surface area contributed by atoms with Crippen molar-refractivity contribution in [2.75, 3.05) is 0 Å². The first kappa shape index (κ1) is 26.4. The van der Waals surface area contributed by atoms with Crippen molar-refractivity contribution in [2.24, 2.45) is 0 Å². The summed E-state index contributed by atoms with van der Waals surface area (Å²) in [4.78, 5) is 17.7. The predicted molar refractivity (Wildman–Crippen MR) is 199 cm³/mol. The van der Waals surface area contributed by atoms with Crippen LogP contribution in [0, 0.1) is 0 Å². The van der Waals surface area contributed by atoms with E-state index >= 15 is 0 Å². The van der Waals surface area contributed by atoms with Crippen LogP contribution >= 0.6 is 0 Å². The summed E-state index contributed by atoms with van der Waals surface area (Å²) in [6.45, 7) is 0.605. The third-order valence-corrected chi connectivity index (χ3v) is 10.4. The van der Waals surface area contributed by atoms with Crippen LogP contribution in [0.3, 0.4) is 0 Å². The SMILES string of the molecule is C1=Cc2c(-c3ccncc3)c3ccc4c(-c5ccncc5)c5c6c(c(-c7ccncc7)c7ccc(c(-c8ccncc8)c1c26)n7Cn34)C=C5. The van der Waals surface area contributed by atoms with Gasteiger partial charge in [-0.2, -0.15) is 0 Å². The van der Waals surface area contributed by atoms with Crippen molar-refractivity contribution in [1.82, 2.24) is 29.1 Å². The van der Waals surface area contributed by atoms with Crippen molar-refractivity contribution in [3.8, 4) is 44.5 Å². The molecular weight excluding hydrogens is 601 g/mol. The highest BCUT2D eigenvalue weighted by Crippen LogP contribution is 2.51. The van der Waals surface area contributed by atoms with Crippen molar-refractivity contribution >= 4 is 57.1 Å². The summed E-state index contributed by atoms with van der Waals surface area (Å²) in [5.41, 5.74) is 18.8. The van der Waals surface area contributed by atoms with Gasteiger partial charge in [0.05, 0.1) is 22.1 Å². The standard InChI is InChI=1S/C43H26N6/c1-2-31-39(27-11-19-45-20-12-27)35-7-8-37-41(29-15-23-47-24-16-29)33-4-3-32-40(28-13-21-46-22-14-28)36-6-5-34(48(36)25-49(35)37)38(26-9-17-44-18-10-26)30(1)42(31)43(32)33/h1-24H,25H2. The summed E-state index contributed by atoms with van der Waals surface area (Å²) in [5, 5.41) is 2.47. The fourth-order valence-electron chi connectivity index (χ4n) is 8.42. The molecule has 228 valence electrons. The van der Waals surface area contributed by atoms with Gasteiger partial charge in [0, 0.05) is 71.8 Å². The summed E-state index contributed by atoms with van der Waals surface area (Å²) in [5.74, 6) is 0. The summed E-state index contributed by atoms with van der Waals surface area (Å²) in [6.07, 6.45) is 24.5. The Morgan fingerprint density at radius 1 is 0.327 bits per heavy atom. The number of nitrogens with zero attached hydrogens (tertiary/aromatic N) is 6. The molecule has 0 unspecified atom stereocenters. The van der Waals surface area contributed by atoms with Gasteiger partial charge in [0.25, 0.3) is 0 Å². The normalized spacial score (nSPS) is 13.1. The molecule has 4 aliphatic rings. The fraction of sp³-hybridized carbons (Fsp3) is 0.0233. The number of rotatable bonds is 4. The number of aromatic nitrogens is 6. The van der Waals surface area contributed by atoms with E-state index in [1.165, 1.54) is 77.3 Å². The van der Waals surface area contributed by atoms with Gasteiger partial charge < -0.3 is 9.13 Å². The summed E-state index contributed by atoms with van der Waals surface area (Å²) in [6, 6.07) is 26.3. The van der Waals surface area contributed by atoms with Gasteiger partial charge in [-0.3, -0.25) is 19.9 Å². The van der Waals surface area contributed by atoms with Crippen molar-refractivity contribution in [1.29, 1.82) is 0 Å². The van der Waals surface area contributed by atoms with E-state index in [-0.39, 0.29) is 0 Å². The molecule has 12 bridgehead atoms. The number of hydrogen-bond donors (Lipinski definition) is 0. The van der Waals surface area contributed by atoms with E-state index < -0.39 is 0 Å². The maximum absolute atomic E-state index is 4.42. The second kappa shape index (κ2) is 9.92. The molecule has 0 amide bonds. The molecule has 0 aromatic carbocycles. The van der Waals surface area contributed by atoms with Gasteiger partial charge in [-0.05, 0) is 128 Å². The Balaban J connectivity index is 1.54. The first-order valence-corrected chi connectivity index (χ1v) is 16.5. The Kier molecular flexibility index (Phi) is 5.35. The van der Waals surface area contributed by atoms with Gasteiger partial charge >= 0.3 is 0 Å². The molecule has 8 aromatic rings. The van der Waals surface area contributed by atoms with Crippen molar-refractivity contribution in [3.63, 3.8) is 0 Å². The molecule has 0 saturated heterocycles. The van der Waals surface area contributed by atoms with Crippen molar-refractivity contribution in [2.45, 2.75) is 6.67 Å². The predicted octanol–water partition coefficient (Wildman–Crippen LogP) is 9.91. The zero-order valence-electron chi connectivity index (χ0n) is 26.2. The van der Waals surface area contributed by atoms with Crippen LogP contribution in [0.2, 0.25) is 0 Å². The molecule has 0 radical (unpaired) electrons. The fourth-order valence-corrected chi connectivity index (χ4v) is 8.42.